The summed E-state index contributed by atoms with van der Waals surface area (Å²) in [6, 6.07) is 0. The van der Waals surface area contributed by atoms with Gasteiger partial charge in [0.05, 0.1) is 5.69 Å². The number of aromatic nitrogens is 2. The zero-order valence-corrected chi connectivity index (χ0v) is 8.23. The highest BCUT2D eigenvalue weighted by atomic mass is 15.1. The molecule has 0 aliphatic heterocycles. The SMILES string of the molecule is Cc1[nH]nc(CN)c1C(C)(C)C. The standard InChI is InChI=1S/C9H17N3/c1-6-8(9(2,3)4)7(5-10)12-11-6/h5,10H2,1-4H3,(H,11,12). The van der Waals surface area contributed by atoms with Crippen molar-refractivity contribution in [2.45, 2.75) is 39.7 Å². The Morgan fingerprint density at radius 1 is 1.42 bits per heavy atom. The summed E-state index contributed by atoms with van der Waals surface area (Å²) < 4.78 is 0. The van der Waals surface area contributed by atoms with E-state index in [9.17, 15) is 0 Å². The van der Waals surface area contributed by atoms with Gasteiger partial charge in [-0.2, -0.15) is 5.10 Å². The van der Waals surface area contributed by atoms with Gasteiger partial charge in [0.1, 0.15) is 0 Å². The number of hydrogen-bond donors (Lipinski definition) is 2. The van der Waals surface area contributed by atoms with E-state index in [0.717, 1.165) is 11.4 Å². The summed E-state index contributed by atoms with van der Waals surface area (Å²) in [7, 11) is 0. The van der Waals surface area contributed by atoms with E-state index in [1.165, 1.54) is 5.56 Å². The van der Waals surface area contributed by atoms with Crippen molar-refractivity contribution in [2.24, 2.45) is 5.73 Å². The Kier molecular flexibility index (Phi) is 2.24. The molecule has 0 bridgehead atoms. The minimum atomic E-state index is 0.131. The van der Waals surface area contributed by atoms with Crippen LogP contribution in [0.4, 0.5) is 0 Å². The number of nitrogens with zero attached hydrogens (tertiary/aromatic N) is 1. The van der Waals surface area contributed by atoms with Gasteiger partial charge in [-0.25, -0.2) is 0 Å². The van der Waals surface area contributed by atoms with Crippen LogP contribution in [0.15, 0.2) is 0 Å². The van der Waals surface area contributed by atoms with Crippen LogP contribution in [-0.4, -0.2) is 10.2 Å². The molecule has 0 saturated heterocycles. The molecule has 3 nitrogen and oxygen atoms in total. The topological polar surface area (TPSA) is 54.7 Å². The number of aromatic amines is 1. The molecule has 0 spiro atoms. The van der Waals surface area contributed by atoms with E-state index in [4.69, 9.17) is 5.73 Å². The summed E-state index contributed by atoms with van der Waals surface area (Å²) in [6.07, 6.45) is 0. The van der Waals surface area contributed by atoms with E-state index in [-0.39, 0.29) is 5.41 Å². The molecule has 1 rings (SSSR count). The summed E-state index contributed by atoms with van der Waals surface area (Å²) >= 11 is 0. The predicted octanol–water partition coefficient (Wildman–Crippen LogP) is 1.47. The van der Waals surface area contributed by atoms with Crippen LogP contribution in [-0.2, 0) is 12.0 Å². The van der Waals surface area contributed by atoms with Crippen LogP contribution in [0.1, 0.15) is 37.7 Å². The summed E-state index contributed by atoms with van der Waals surface area (Å²) in [5, 5.41) is 7.12. The van der Waals surface area contributed by atoms with Gasteiger partial charge in [-0.15, -0.1) is 0 Å². The molecule has 1 aromatic rings. The number of nitrogens with two attached hydrogens (primary N) is 1. The molecular weight excluding hydrogens is 150 g/mol. The summed E-state index contributed by atoms with van der Waals surface area (Å²) in [5.74, 6) is 0. The molecule has 0 unspecified atom stereocenters. The van der Waals surface area contributed by atoms with E-state index in [2.05, 4.69) is 31.0 Å². The monoisotopic (exact) mass is 167 g/mol. The maximum atomic E-state index is 5.58. The van der Waals surface area contributed by atoms with E-state index in [0.29, 0.717) is 6.54 Å². The van der Waals surface area contributed by atoms with Crippen molar-refractivity contribution in [1.29, 1.82) is 0 Å². The molecule has 0 fully saturated rings. The average molecular weight is 167 g/mol. The molecule has 12 heavy (non-hydrogen) atoms. The van der Waals surface area contributed by atoms with Crippen LogP contribution in [0.5, 0.6) is 0 Å². The van der Waals surface area contributed by atoms with Gasteiger partial charge in [0, 0.05) is 17.8 Å². The van der Waals surface area contributed by atoms with Gasteiger partial charge in [-0.1, -0.05) is 20.8 Å². The lowest BCUT2D eigenvalue weighted by Gasteiger charge is -2.19. The van der Waals surface area contributed by atoms with Crippen molar-refractivity contribution in [3.05, 3.63) is 17.0 Å². The molecule has 0 radical (unpaired) electrons. The third-order valence-corrected chi connectivity index (χ3v) is 1.97. The van der Waals surface area contributed by atoms with E-state index in [1.807, 2.05) is 6.92 Å². The highest BCUT2D eigenvalue weighted by Gasteiger charge is 2.21. The minimum Gasteiger partial charge on any atom is -0.325 e. The van der Waals surface area contributed by atoms with Gasteiger partial charge in [-0.3, -0.25) is 5.10 Å². The number of rotatable bonds is 1. The maximum Gasteiger partial charge on any atom is 0.0797 e. The quantitative estimate of drug-likeness (QED) is 0.665. The normalized spacial score (nSPS) is 12.1. The molecule has 0 atom stereocenters. The van der Waals surface area contributed by atoms with Gasteiger partial charge < -0.3 is 5.73 Å². The summed E-state index contributed by atoms with van der Waals surface area (Å²) in [4.78, 5) is 0. The molecule has 1 heterocycles. The average Bonchev–Trinajstić information content (AvgIpc) is 2.29. The predicted molar refractivity (Wildman–Crippen MR) is 49.9 cm³/mol. The molecule has 0 aromatic carbocycles. The van der Waals surface area contributed by atoms with Crippen LogP contribution >= 0.6 is 0 Å². The van der Waals surface area contributed by atoms with Crippen LogP contribution in [0.2, 0.25) is 0 Å². The molecule has 3 heteroatoms. The molecule has 1 aromatic heterocycles. The van der Waals surface area contributed by atoms with Crippen molar-refractivity contribution in [2.75, 3.05) is 0 Å². The first-order valence-electron chi connectivity index (χ1n) is 4.21. The lowest BCUT2D eigenvalue weighted by atomic mass is 9.85. The first kappa shape index (κ1) is 9.26. The van der Waals surface area contributed by atoms with E-state index in [1.54, 1.807) is 0 Å². The summed E-state index contributed by atoms with van der Waals surface area (Å²) in [6.45, 7) is 9.06. The lowest BCUT2D eigenvalue weighted by Crippen LogP contribution is -2.16. The highest BCUT2D eigenvalue weighted by Crippen LogP contribution is 2.26. The van der Waals surface area contributed by atoms with Crippen molar-refractivity contribution in [3.8, 4) is 0 Å². The van der Waals surface area contributed by atoms with Gasteiger partial charge >= 0.3 is 0 Å². The maximum absolute atomic E-state index is 5.58. The molecule has 0 aliphatic rings. The number of hydrogen-bond acceptors (Lipinski definition) is 2. The Balaban J connectivity index is 3.19. The highest BCUT2D eigenvalue weighted by molar-refractivity contribution is 5.31. The lowest BCUT2D eigenvalue weighted by molar-refractivity contribution is 0.579. The second kappa shape index (κ2) is 2.90. The van der Waals surface area contributed by atoms with Crippen LogP contribution in [0.25, 0.3) is 0 Å². The smallest absolute Gasteiger partial charge is 0.0797 e. The van der Waals surface area contributed by atoms with Crippen LogP contribution in [0, 0.1) is 6.92 Å². The van der Waals surface area contributed by atoms with Gasteiger partial charge in [0.2, 0.25) is 0 Å². The van der Waals surface area contributed by atoms with Crippen molar-refractivity contribution in [3.63, 3.8) is 0 Å². The second-order valence-corrected chi connectivity index (χ2v) is 4.12. The number of aryl methyl sites for hydroxylation is 1. The number of H-pyrrole nitrogens is 1. The molecule has 0 saturated carbocycles. The fourth-order valence-electron chi connectivity index (χ4n) is 1.62. The van der Waals surface area contributed by atoms with Crippen LogP contribution < -0.4 is 5.73 Å². The first-order chi connectivity index (χ1) is 5.46. The van der Waals surface area contributed by atoms with E-state index < -0.39 is 0 Å². The fraction of sp³-hybridized carbons (Fsp3) is 0.667. The first-order valence-corrected chi connectivity index (χ1v) is 4.21. The molecular formula is C9H17N3. The zero-order valence-electron chi connectivity index (χ0n) is 8.23. The fourth-order valence-corrected chi connectivity index (χ4v) is 1.62. The number of nitrogens with one attached hydrogen (secondary N) is 1. The van der Waals surface area contributed by atoms with E-state index >= 15 is 0 Å². The van der Waals surface area contributed by atoms with Gasteiger partial charge in [0.25, 0.3) is 0 Å². The minimum absolute atomic E-state index is 0.131. The zero-order chi connectivity index (χ0) is 9.35. The third kappa shape index (κ3) is 1.50. The third-order valence-electron chi connectivity index (χ3n) is 1.97. The molecule has 68 valence electrons. The largest absolute Gasteiger partial charge is 0.325 e. The Hall–Kier alpha value is -0.830. The summed E-state index contributed by atoms with van der Waals surface area (Å²) in [5.41, 5.74) is 9.08. The van der Waals surface area contributed by atoms with Crippen molar-refractivity contribution >= 4 is 0 Å². The Morgan fingerprint density at radius 3 is 2.33 bits per heavy atom. The molecule has 0 aliphatic carbocycles. The molecule has 0 amide bonds. The van der Waals surface area contributed by atoms with Gasteiger partial charge in [-0.05, 0) is 12.3 Å². The Bertz CT molecular complexity index is 268. The van der Waals surface area contributed by atoms with Crippen LogP contribution in [0.3, 0.4) is 0 Å². The van der Waals surface area contributed by atoms with Crippen molar-refractivity contribution in [1.82, 2.24) is 10.2 Å². The Morgan fingerprint density at radius 2 is 2.00 bits per heavy atom. The second-order valence-electron chi connectivity index (χ2n) is 4.12. The van der Waals surface area contributed by atoms with Crippen molar-refractivity contribution < 1.29 is 0 Å². The molecule has 3 N–H and O–H groups in total. The van der Waals surface area contributed by atoms with Gasteiger partial charge in [0.15, 0.2) is 0 Å². The Labute approximate surface area is 73.4 Å².